The highest BCUT2D eigenvalue weighted by Gasteiger charge is 2.31. The number of hydrogen-bond acceptors (Lipinski definition) is 3. The van der Waals surface area contributed by atoms with E-state index in [2.05, 4.69) is 4.72 Å². The van der Waals surface area contributed by atoms with E-state index in [1.165, 1.54) is 36.4 Å². The van der Waals surface area contributed by atoms with Gasteiger partial charge in [0.2, 0.25) is 0 Å². The Balaban J connectivity index is 1.80. The molecule has 0 bridgehead atoms. The Labute approximate surface area is 122 Å². The molecule has 5 nitrogen and oxygen atoms in total. The molecule has 0 aromatic carbocycles. The molecule has 1 aliphatic carbocycles. The molecular formula is C14H28N2O3S. The van der Waals surface area contributed by atoms with Crippen molar-refractivity contribution in [1.82, 2.24) is 9.03 Å². The Morgan fingerprint density at radius 1 is 1.05 bits per heavy atom. The molecule has 1 unspecified atom stereocenters. The summed E-state index contributed by atoms with van der Waals surface area (Å²) >= 11 is 0. The average Bonchev–Trinajstić information content (AvgIpc) is 2.48. The Bertz CT molecular complexity index is 380. The first-order chi connectivity index (χ1) is 9.63. The lowest BCUT2D eigenvalue weighted by Gasteiger charge is -2.33. The normalized spacial score (nSPS) is 26.8. The quantitative estimate of drug-likeness (QED) is 0.784. The molecule has 118 valence electrons. The van der Waals surface area contributed by atoms with Crippen molar-refractivity contribution in [2.45, 2.75) is 63.8 Å². The molecule has 2 N–H and O–H groups in total. The standard InChI is InChI=1S/C14H28N2O3S/c17-12-14-8-4-5-11-16(14)20(18,19)15-10-9-13-6-2-1-3-7-13/h13-15,17H,1-12H2. The van der Waals surface area contributed by atoms with Gasteiger partial charge < -0.3 is 5.11 Å². The van der Waals surface area contributed by atoms with E-state index in [1.807, 2.05) is 0 Å². The first kappa shape index (κ1) is 16.2. The fraction of sp³-hybridized carbons (Fsp3) is 1.00. The summed E-state index contributed by atoms with van der Waals surface area (Å²) in [6.45, 7) is 0.981. The summed E-state index contributed by atoms with van der Waals surface area (Å²) in [5.41, 5.74) is 0. The minimum atomic E-state index is -3.42. The maximum Gasteiger partial charge on any atom is 0.279 e. The third-order valence-corrected chi connectivity index (χ3v) is 6.32. The SMILES string of the molecule is O=S(=O)(NCCC1CCCCC1)N1CCCCC1CO. The molecule has 2 aliphatic rings. The molecule has 0 radical (unpaired) electrons. The van der Waals surface area contributed by atoms with Crippen LogP contribution in [-0.2, 0) is 10.2 Å². The zero-order chi connectivity index (χ0) is 14.4. The Hall–Kier alpha value is -0.170. The molecule has 0 amide bonds. The molecule has 0 spiro atoms. The molecule has 2 rings (SSSR count). The van der Waals surface area contributed by atoms with Crippen LogP contribution in [0.15, 0.2) is 0 Å². The summed E-state index contributed by atoms with van der Waals surface area (Å²) in [5, 5.41) is 9.32. The van der Waals surface area contributed by atoms with Gasteiger partial charge in [0.1, 0.15) is 0 Å². The molecule has 0 aromatic heterocycles. The van der Waals surface area contributed by atoms with Gasteiger partial charge in [-0.15, -0.1) is 0 Å². The van der Waals surface area contributed by atoms with E-state index in [0.29, 0.717) is 19.0 Å². The number of nitrogens with one attached hydrogen (secondary N) is 1. The van der Waals surface area contributed by atoms with Crippen LogP contribution < -0.4 is 4.72 Å². The highest BCUT2D eigenvalue weighted by Crippen LogP contribution is 2.26. The maximum absolute atomic E-state index is 12.3. The van der Waals surface area contributed by atoms with Gasteiger partial charge in [0.25, 0.3) is 10.2 Å². The van der Waals surface area contributed by atoms with Crippen molar-refractivity contribution in [2.24, 2.45) is 5.92 Å². The second-order valence-electron chi connectivity index (χ2n) is 6.13. The molecule has 1 heterocycles. The van der Waals surface area contributed by atoms with Gasteiger partial charge in [-0.25, -0.2) is 4.72 Å². The number of nitrogens with zero attached hydrogens (tertiary/aromatic N) is 1. The lowest BCUT2D eigenvalue weighted by molar-refractivity contribution is 0.154. The summed E-state index contributed by atoms with van der Waals surface area (Å²) < 4.78 is 28.8. The fourth-order valence-corrected chi connectivity index (χ4v) is 4.90. The summed E-state index contributed by atoms with van der Waals surface area (Å²) in [6.07, 6.45) is 9.98. The van der Waals surface area contributed by atoms with E-state index in [1.54, 1.807) is 0 Å². The van der Waals surface area contributed by atoms with E-state index >= 15 is 0 Å². The zero-order valence-corrected chi connectivity index (χ0v) is 13.1. The summed E-state index contributed by atoms with van der Waals surface area (Å²) in [5.74, 6) is 0.682. The van der Waals surface area contributed by atoms with Crippen LogP contribution in [0, 0.1) is 5.92 Å². The molecule has 0 aromatic rings. The second kappa shape index (κ2) is 7.73. The monoisotopic (exact) mass is 304 g/mol. The van der Waals surface area contributed by atoms with Gasteiger partial charge in [0, 0.05) is 19.1 Å². The Kier molecular flexibility index (Phi) is 6.26. The third-order valence-electron chi connectivity index (χ3n) is 4.65. The van der Waals surface area contributed by atoms with Gasteiger partial charge in [-0.3, -0.25) is 0 Å². The molecule has 1 aliphatic heterocycles. The van der Waals surface area contributed by atoms with Gasteiger partial charge in [-0.2, -0.15) is 12.7 Å². The summed E-state index contributed by atoms with van der Waals surface area (Å²) in [4.78, 5) is 0. The Morgan fingerprint density at radius 2 is 1.75 bits per heavy atom. The molecule has 6 heteroatoms. The van der Waals surface area contributed by atoms with Gasteiger partial charge in [0.15, 0.2) is 0 Å². The molecule has 20 heavy (non-hydrogen) atoms. The summed E-state index contributed by atoms with van der Waals surface area (Å²) in [7, 11) is -3.42. The fourth-order valence-electron chi connectivity index (χ4n) is 3.42. The molecule has 1 saturated heterocycles. The number of rotatable bonds is 6. The highest BCUT2D eigenvalue weighted by atomic mass is 32.2. The topological polar surface area (TPSA) is 69.6 Å². The lowest BCUT2D eigenvalue weighted by Crippen LogP contribution is -2.50. The smallest absolute Gasteiger partial charge is 0.279 e. The minimum Gasteiger partial charge on any atom is -0.395 e. The highest BCUT2D eigenvalue weighted by molar-refractivity contribution is 7.87. The van der Waals surface area contributed by atoms with Crippen molar-refractivity contribution in [3.8, 4) is 0 Å². The number of hydrogen-bond donors (Lipinski definition) is 2. The van der Waals surface area contributed by atoms with Crippen LogP contribution >= 0.6 is 0 Å². The van der Waals surface area contributed by atoms with Gasteiger partial charge in [-0.1, -0.05) is 38.5 Å². The lowest BCUT2D eigenvalue weighted by atomic mass is 9.87. The predicted octanol–water partition coefficient (Wildman–Crippen LogP) is 1.64. The third kappa shape index (κ3) is 4.41. The average molecular weight is 304 g/mol. The molecule has 1 atom stereocenters. The molecule has 2 fully saturated rings. The first-order valence-corrected chi connectivity index (χ1v) is 9.45. The maximum atomic E-state index is 12.3. The Morgan fingerprint density at radius 3 is 2.45 bits per heavy atom. The van der Waals surface area contributed by atoms with E-state index in [9.17, 15) is 13.5 Å². The van der Waals surface area contributed by atoms with Crippen molar-refractivity contribution in [2.75, 3.05) is 19.7 Å². The summed E-state index contributed by atoms with van der Waals surface area (Å²) in [6, 6.07) is -0.240. The number of aliphatic hydroxyl groups is 1. The van der Waals surface area contributed by atoms with Crippen LogP contribution in [0.3, 0.4) is 0 Å². The van der Waals surface area contributed by atoms with Crippen molar-refractivity contribution >= 4 is 10.2 Å². The predicted molar refractivity (Wildman–Crippen MR) is 79.5 cm³/mol. The zero-order valence-electron chi connectivity index (χ0n) is 12.3. The van der Waals surface area contributed by atoms with E-state index in [-0.39, 0.29) is 12.6 Å². The minimum absolute atomic E-state index is 0.0798. The van der Waals surface area contributed by atoms with E-state index in [4.69, 9.17) is 0 Å². The van der Waals surface area contributed by atoms with Crippen molar-refractivity contribution < 1.29 is 13.5 Å². The van der Waals surface area contributed by atoms with Gasteiger partial charge in [0.05, 0.1) is 6.61 Å². The first-order valence-electron chi connectivity index (χ1n) is 8.01. The molecule has 1 saturated carbocycles. The van der Waals surface area contributed by atoms with E-state index < -0.39 is 10.2 Å². The largest absolute Gasteiger partial charge is 0.395 e. The van der Waals surface area contributed by atoms with Crippen LogP contribution in [0.4, 0.5) is 0 Å². The van der Waals surface area contributed by atoms with E-state index in [0.717, 1.165) is 25.7 Å². The van der Waals surface area contributed by atoms with Crippen LogP contribution in [0.1, 0.15) is 57.8 Å². The number of piperidine rings is 1. The number of aliphatic hydroxyl groups excluding tert-OH is 1. The molecular weight excluding hydrogens is 276 g/mol. The van der Waals surface area contributed by atoms with Crippen molar-refractivity contribution in [3.63, 3.8) is 0 Å². The van der Waals surface area contributed by atoms with Gasteiger partial charge >= 0.3 is 0 Å². The second-order valence-corrected chi connectivity index (χ2v) is 7.84. The van der Waals surface area contributed by atoms with Crippen LogP contribution in [0.5, 0.6) is 0 Å². The van der Waals surface area contributed by atoms with Crippen LogP contribution in [0.2, 0.25) is 0 Å². The van der Waals surface area contributed by atoms with Gasteiger partial charge in [-0.05, 0) is 25.2 Å². The van der Waals surface area contributed by atoms with Crippen molar-refractivity contribution in [3.05, 3.63) is 0 Å². The van der Waals surface area contributed by atoms with Crippen LogP contribution in [0.25, 0.3) is 0 Å². The van der Waals surface area contributed by atoms with Crippen molar-refractivity contribution in [1.29, 1.82) is 0 Å². The van der Waals surface area contributed by atoms with Crippen LogP contribution in [-0.4, -0.2) is 43.6 Å².